The van der Waals surface area contributed by atoms with Crippen molar-refractivity contribution in [1.29, 1.82) is 0 Å². The summed E-state index contributed by atoms with van der Waals surface area (Å²) in [5, 5.41) is 13.6. The Morgan fingerprint density at radius 1 is 1.67 bits per heavy atom. The predicted molar refractivity (Wildman–Crippen MR) is 65.6 cm³/mol. The third-order valence-electron chi connectivity index (χ3n) is 2.24. The Morgan fingerprint density at radius 2 is 2.33 bits per heavy atom. The standard InChI is InChI=1S/C10H12ClN3O4/c1-3-6(10(15)18-2)12-9-7(14(16)17)4-5-8(11)13-9/h4-6H,3H2,1-2H3,(H,12,13). The number of halogens is 1. The monoisotopic (exact) mass is 273 g/mol. The van der Waals surface area contributed by atoms with E-state index in [4.69, 9.17) is 11.6 Å². The van der Waals surface area contributed by atoms with Gasteiger partial charge < -0.3 is 10.1 Å². The van der Waals surface area contributed by atoms with Crippen LogP contribution in [0.1, 0.15) is 13.3 Å². The van der Waals surface area contributed by atoms with E-state index in [-0.39, 0.29) is 16.7 Å². The highest BCUT2D eigenvalue weighted by atomic mass is 35.5. The number of anilines is 1. The quantitative estimate of drug-likeness (QED) is 0.382. The minimum atomic E-state index is -0.709. The molecule has 0 aromatic carbocycles. The molecule has 0 radical (unpaired) electrons. The van der Waals surface area contributed by atoms with Gasteiger partial charge in [-0.05, 0) is 12.5 Å². The van der Waals surface area contributed by atoms with Crippen LogP contribution in [0.3, 0.4) is 0 Å². The summed E-state index contributed by atoms with van der Waals surface area (Å²) in [5.74, 6) is -0.571. The zero-order valence-corrected chi connectivity index (χ0v) is 10.6. The van der Waals surface area contributed by atoms with E-state index in [1.165, 1.54) is 19.2 Å². The van der Waals surface area contributed by atoms with Crippen LogP contribution in [0.5, 0.6) is 0 Å². The molecule has 1 rings (SSSR count). The Hall–Kier alpha value is -1.89. The molecule has 1 N–H and O–H groups in total. The van der Waals surface area contributed by atoms with E-state index in [0.717, 1.165) is 0 Å². The van der Waals surface area contributed by atoms with E-state index >= 15 is 0 Å². The fourth-order valence-electron chi connectivity index (χ4n) is 1.32. The summed E-state index contributed by atoms with van der Waals surface area (Å²) >= 11 is 5.67. The number of nitro groups is 1. The van der Waals surface area contributed by atoms with E-state index in [1.54, 1.807) is 6.92 Å². The van der Waals surface area contributed by atoms with Gasteiger partial charge in [0.1, 0.15) is 11.2 Å². The van der Waals surface area contributed by atoms with Crippen LogP contribution in [-0.2, 0) is 9.53 Å². The van der Waals surface area contributed by atoms with Crippen LogP contribution in [0.2, 0.25) is 5.15 Å². The summed E-state index contributed by atoms with van der Waals surface area (Å²) in [5.41, 5.74) is -0.248. The molecule has 1 unspecified atom stereocenters. The molecule has 98 valence electrons. The minimum absolute atomic E-state index is 0.0512. The first-order valence-electron chi connectivity index (χ1n) is 5.14. The first-order chi connectivity index (χ1) is 8.49. The lowest BCUT2D eigenvalue weighted by atomic mass is 10.2. The van der Waals surface area contributed by atoms with Crippen molar-refractivity contribution in [2.75, 3.05) is 12.4 Å². The van der Waals surface area contributed by atoms with Crippen molar-refractivity contribution in [2.24, 2.45) is 0 Å². The third kappa shape index (κ3) is 3.30. The van der Waals surface area contributed by atoms with Gasteiger partial charge in [0.25, 0.3) is 0 Å². The lowest BCUT2D eigenvalue weighted by Gasteiger charge is -2.14. The molecule has 0 aliphatic rings. The molecule has 1 aromatic heterocycles. The van der Waals surface area contributed by atoms with Gasteiger partial charge in [-0.25, -0.2) is 9.78 Å². The van der Waals surface area contributed by atoms with Gasteiger partial charge in [-0.15, -0.1) is 0 Å². The van der Waals surface area contributed by atoms with Crippen molar-refractivity contribution in [2.45, 2.75) is 19.4 Å². The number of nitrogens with zero attached hydrogens (tertiary/aromatic N) is 2. The predicted octanol–water partition coefficient (Wildman–Crippen LogP) is 2.01. The van der Waals surface area contributed by atoms with Crippen molar-refractivity contribution in [3.8, 4) is 0 Å². The Balaban J connectivity index is 3.04. The molecule has 1 aromatic rings. The number of rotatable bonds is 5. The second-order valence-corrected chi connectivity index (χ2v) is 3.77. The zero-order chi connectivity index (χ0) is 13.7. The smallest absolute Gasteiger partial charge is 0.328 e. The molecule has 1 atom stereocenters. The van der Waals surface area contributed by atoms with E-state index in [2.05, 4.69) is 15.0 Å². The molecular weight excluding hydrogens is 262 g/mol. The first-order valence-corrected chi connectivity index (χ1v) is 5.52. The summed E-state index contributed by atoms with van der Waals surface area (Å²) < 4.78 is 4.57. The molecule has 0 spiro atoms. The summed E-state index contributed by atoms with van der Waals surface area (Å²) in [7, 11) is 1.24. The van der Waals surface area contributed by atoms with Gasteiger partial charge in [-0.1, -0.05) is 18.5 Å². The zero-order valence-electron chi connectivity index (χ0n) is 9.84. The van der Waals surface area contributed by atoms with Crippen LogP contribution < -0.4 is 5.32 Å². The maximum absolute atomic E-state index is 11.4. The van der Waals surface area contributed by atoms with Crippen LogP contribution >= 0.6 is 11.6 Å². The SMILES string of the molecule is CCC(Nc1nc(Cl)ccc1[N+](=O)[O-])C(=O)OC. The topological polar surface area (TPSA) is 94.4 Å². The summed E-state index contributed by atoms with van der Waals surface area (Å²) in [6.45, 7) is 1.74. The van der Waals surface area contributed by atoms with Gasteiger partial charge in [0.15, 0.2) is 0 Å². The van der Waals surface area contributed by atoms with Crippen LogP contribution in [-0.4, -0.2) is 29.0 Å². The van der Waals surface area contributed by atoms with Crippen molar-refractivity contribution < 1.29 is 14.5 Å². The summed E-state index contributed by atoms with van der Waals surface area (Å²) in [6, 6.07) is 1.82. The molecule has 0 bridgehead atoms. The van der Waals surface area contributed by atoms with Crippen molar-refractivity contribution >= 4 is 29.1 Å². The third-order valence-corrected chi connectivity index (χ3v) is 2.45. The number of ether oxygens (including phenoxy) is 1. The molecule has 0 aliphatic carbocycles. The van der Waals surface area contributed by atoms with E-state index < -0.39 is 16.9 Å². The van der Waals surface area contributed by atoms with E-state index in [1.807, 2.05) is 0 Å². The molecule has 0 fully saturated rings. The van der Waals surface area contributed by atoms with Crippen molar-refractivity contribution in [3.05, 3.63) is 27.4 Å². The number of aromatic nitrogens is 1. The number of hydrogen-bond acceptors (Lipinski definition) is 6. The highest BCUT2D eigenvalue weighted by Crippen LogP contribution is 2.25. The number of carbonyl (C=O) groups is 1. The second kappa shape index (κ2) is 6.15. The van der Waals surface area contributed by atoms with Gasteiger partial charge in [0, 0.05) is 6.07 Å². The average Bonchev–Trinajstić information content (AvgIpc) is 2.34. The first kappa shape index (κ1) is 14.2. The maximum atomic E-state index is 11.4. The second-order valence-electron chi connectivity index (χ2n) is 3.39. The van der Waals surface area contributed by atoms with Crippen LogP contribution in [0.25, 0.3) is 0 Å². The van der Waals surface area contributed by atoms with Gasteiger partial charge in [0.05, 0.1) is 12.0 Å². The van der Waals surface area contributed by atoms with Crippen molar-refractivity contribution in [1.82, 2.24) is 4.98 Å². The van der Waals surface area contributed by atoms with E-state index in [0.29, 0.717) is 6.42 Å². The number of hydrogen-bond donors (Lipinski definition) is 1. The Bertz CT molecular complexity index is 466. The number of pyridine rings is 1. The largest absolute Gasteiger partial charge is 0.467 e. The fraction of sp³-hybridized carbons (Fsp3) is 0.400. The fourth-order valence-corrected chi connectivity index (χ4v) is 1.46. The molecule has 18 heavy (non-hydrogen) atoms. The Labute approximate surface area is 108 Å². The molecule has 0 amide bonds. The van der Waals surface area contributed by atoms with Gasteiger partial charge >= 0.3 is 11.7 Å². The molecule has 0 saturated heterocycles. The average molecular weight is 274 g/mol. The lowest BCUT2D eigenvalue weighted by Crippen LogP contribution is -2.30. The number of carbonyl (C=O) groups excluding carboxylic acids is 1. The Morgan fingerprint density at radius 3 is 2.83 bits per heavy atom. The lowest BCUT2D eigenvalue weighted by molar-refractivity contribution is -0.384. The molecule has 0 aliphatic heterocycles. The van der Waals surface area contributed by atoms with Crippen molar-refractivity contribution in [3.63, 3.8) is 0 Å². The maximum Gasteiger partial charge on any atom is 0.328 e. The number of nitrogens with one attached hydrogen (secondary N) is 1. The molecule has 1 heterocycles. The molecule has 0 saturated carbocycles. The summed E-state index contributed by atoms with van der Waals surface area (Å²) in [4.78, 5) is 25.4. The normalized spacial score (nSPS) is 11.7. The van der Waals surface area contributed by atoms with Crippen LogP contribution in [0.4, 0.5) is 11.5 Å². The highest BCUT2D eigenvalue weighted by molar-refractivity contribution is 6.29. The molecular formula is C10H12ClN3O4. The Kier molecular flexibility index (Phi) is 4.85. The number of methoxy groups -OCH3 is 1. The summed E-state index contributed by atoms with van der Waals surface area (Å²) in [6.07, 6.45) is 0.401. The van der Waals surface area contributed by atoms with Gasteiger partial charge in [0.2, 0.25) is 5.82 Å². The van der Waals surface area contributed by atoms with Crippen LogP contribution in [0.15, 0.2) is 12.1 Å². The highest BCUT2D eigenvalue weighted by Gasteiger charge is 2.23. The van der Waals surface area contributed by atoms with Gasteiger partial charge in [-0.2, -0.15) is 0 Å². The number of esters is 1. The van der Waals surface area contributed by atoms with Gasteiger partial charge in [-0.3, -0.25) is 10.1 Å². The molecule has 8 heteroatoms. The van der Waals surface area contributed by atoms with Crippen LogP contribution in [0, 0.1) is 10.1 Å². The molecule has 7 nitrogen and oxygen atoms in total. The van der Waals surface area contributed by atoms with E-state index in [9.17, 15) is 14.9 Å². The minimum Gasteiger partial charge on any atom is -0.467 e.